The first-order valence-corrected chi connectivity index (χ1v) is 6.23. The van der Waals surface area contributed by atoms with Crippen LogP contribution in [-0.2, 0) is 0 Å². The van der Waals surface area contributed by atoms with Gasteiger partial charge in [0.1, 0.15) is 4.60 Å². The molecule has 1 aromatic rings. The summed E-state index contributed by atoms with van der Waals surface area (Å²) in [7, 11) is 2.10. The molecular weight excluding hydrogens is 248 g/mol. The van der Waals surface area contributed by atoms with Crippen molar-refractivity contribution in [2.75, 3.05) is 18.5 Å². The van der Waals surface area contributed by atoms with Crippen LogP contribution in [0.1, 0.15) is 26.2 Å². The molecule has 0 radical (unpaired) electrons. The van der Waals surface area contributed by atoms with Crippen LogP contribution in [0.4, 0.5) is 5.13 Å². The Hall–Kier alpha value is -0.0900. The van der Waals surface area contributed by atoms with Gasteiger partial charge in [-0.15, -0.1) is 11.3 Å². The highest BCUT2D eigenvalue weighted by Gasteiger charge is 2.04. The number of unbranched alkanes of at least 4 members (excludes halogenated alkanes) is 2. The van der Waals surface area contributed by atoms with Gasteiger partial charge in [-0.1, -0.05) is 19.8 Å². The fraction of sp³-hybridized carbons (Fsp3) is 0.667. The first-order valence-electron chi connectivity index (χ1n) is 4.56. The molecule has 2 nitrogen and oxygen atoms in total. The molecule has 0 aliphatic rings. The van der Waals surface area contributed by atoms with Crippen LogP contribution in [0.15, 0.2) is 9.98 Å². The molecule has 0 amide bonds. The van der Waals surface area contributed by atoms with Gasteiger partial charge in [-0.2, -0.15) is 0 Å². The monoisotopic (exact) mass is 262 g/mol. The van der Waals surface area contributed by atoms with E-state index in [9.17, 15) is 0 Å². The summed E-state index contributed by atoms with van der Waals surface area (Å²) < 4.78 is 0.940. The van der Waals surface area contributed by atoms with Gasteiger partial charge in [0.2, 0.25) is 0 Å². The van der Waals surface area contributed by atoms with Gasteiger partial charge in [0.15, 0.2) is 5.13 Å². The molecule has 0 aliphatic heterocycles. The third kappa shape index (κ3) is 3.65. The van der Waals surface area contributed by atoms with Crippen LogP contribution in [0, 0.1) is 0 Å². The van der Waals surface area contributed by atoms with Crippen molar-refractivity contribution in [2.24, 2.45) is 0 Å². The number of hydrogen-bond acceptors (Lipinski definition) is 3. The van der Waals surface area contributed by atoms with E-state index in [2.05, 4.69) is 39.8 Å². The second kappa shape index (κ2) is 5.60. The third-order valence-electron chi connectivity index (χ3n) is 1.89. The molecule has 0 aromatic carbocycles. The van der Waals surface area contributed by atoms with E-state index in [-0.39, 0.29) is 0 Å². The molecule has 13 heavy (non-hydrogen) atoms. The van der Waals surface area contributed by atoms with Gasteiger partial charge in [0.25, 0.3) is 0 Å². The number of hydrogen-bond donors (Lipinski definition) is 0. The molecule has 0 atom stereocenters. The molecule has 1 heterocycles. The Labute approximate surface area is 92.1 Å². The largest absolute Gasteiger partial charge is 0.351 e. The number of halogens is 1. The maximum Gasteiger partial charge on any atom is 0.186 e. The van der Waals surface area contributed by atoms with Crippen molar-refractivity contribution in [1.82, 2.24) is 4.98 Å². The van der Waals surface area contributed by atoms with Crippen LogP contribution in [-0.4, -0.2) is 18.6 Å². The van der Waals surface area contributed by atoms with Gasteiger partial charge in [-0.3, -0.25) is 0 Å². The minimum Gasteiger partial charge on any atom is -0.351 e. The fourth-order valence-electron chi connectivity index (χ4n) is 1.12. The number of thiazole rings is 1. The Morgan fingerprint density at radius 2 is 2.31 bits per heavy atom. The highest BCUT2D eigenvalue weighted by molar-refractivity contribution is 9.10. The van der Waals surface area contributed by atoms with Crippen LogP contribution in [0.25, 0.3) is 0 Å². The van der Waals surface area contributed by atoms with E-state index >= 15 is 0 Å². The summed E-state index contributed by atoms with van der Waals surface area (Å²) in [6.45, 7) is 3.33. The van der Waals surface area contributed by atoms with E-state index in [1.807, 2.05) is 5.38 Å². The summed E-state index contributed by atoms with van der Waals surface area (Å²) in [4.78, 5) is 6.56. The molecule has 74 valence electrons. The van der Waals surface area contributed by atoms with E-state index < -0.39 is 0 Å². The molecule has 0 bridgehead atoms. The van der Waals surface area contributed by atoms with E-state index in [1.165, 1.54) is 19.3 Å². The smallest absolute Gasteiger partial charge is 0.186 e. The summed E-state index contributed by atoms with van der Waals surface area (Å²) in [5.41, 5.74) is 0. The zero-order valence-electron chi connectivity index (χ0n) is 8.09. The third-order valence-corrected chi connectivity index (χ3v) is 3.55. The first kappa shape index (κ1) is 11.0. The highest BCUT2D eigenvalue weighted by atomic mass is 79.9. The molecule has 0 saturated carbocycles. The predicted octanol–water partition coefficient (Wildman–Crippen LogP) is 3.53. The Morgan fingerprint density at radius 3 is 2.85 bits per heavy atom. The molecule has 0 N–H and O–H groups in total. The molecule has 0 fully saturated rings. The van der Waals surface area contributed by atoms with Gasteiger partial charge < -0.3 is 4.90 Å². The van der Waals surface area contributed by atoms with Crippen molar-refractivity contribution in [3.05, 3.63) is 9.98 Å². The lowest BCUT2D eigenvalue weighted by molar-refractivity contribution is 0.704. The summed E-state index contributed by atoms with van der Waals surface area (Å²) in [5, 5.41) is 3.12. The zero-order valence-corrected chi connectivity index (χ0v) is 10.5. The average Bonchev–Trinajstić information content (AvgIpc) is 2.52. The van der Waals surface area contributed by atoms with Crippen molar-refractivity contribution < 1.29 is 0 Å². The standard InChI is InChI=1S/C9H15BrN2S/c1-3-4-5-6-12(2)9-11-8(10)7-13-9/h7H,3-6H2,1-2H3. The Kier molecular flexibility index (Phi) is 4.73. The van der Waals surface area contributed by atoms with Crippen LogP contribution >= 0.6 is 27.3 Å². The Morgan fingerprint density at radius 1 is 1.54 bits per heavy atom. The number of rotatable bonds is 5. The number of anilines is 1. The van der Waals surface area contributed by atoms with Gasteiger partial charge >= 0.3 is 0 Å². The molecule has 1 rings (SSSR count). The van der Waals surface area contributed by atoms with Gasteiger partial charge in [-0.25, -0.2) is 4.98 Å². The van der Waals surface area contributed by atoms with Crippen LogP contribution in [0.2, 0.25) is 0 Å². The summed E-state index contributed by atoms with van der Waals surface area (Å²) in [5.74, 6) is 0. The zero-order chi connectivity index (χ0) is 9.68. The summed E-state index contributed by atoms with van der Waals surface area (Å²) in [6.07, 6.45) is 3.83. The van der Waals surface area contributed by atoms with E-state index in [1.54, 1.807) is 11.3 Å². The molecule has 0 saturated heterocycles. The lowest BCUT2D eigenvalue weighted by atomic mass is 10.2. The van der Waals surface area contributed by atoms with Gasteiger partial charge in [0, 0.05) is 19.0 Å². The van der Waals surface area contributed by atoms with Crippen molar-refractivity contribution in [3.8, 4) is 0 Å². The maximum absolute atomic E-state index is 4.35. The van der Waals surface area contributed by atoms with Crippen molar-refractivity contribution in [1.29, 1.82) is 0 Å². The van der Waals surface area contributed by atoms with Crippen LogP contribution in [0.3, 0.4) is 0 Å². The fourth-order valence-corrected chi connectivity index (χ4v) is 2.36. The average molecular weight is 263 g/mol. The van der Waals surface area contributed by atoms with Gasteiger partial charge in [-0.05, 0) is 22.4 Å². The van der Waals surface area contributed by atoms with E-state index in [4.69, 9.17) is 0 Å². The summed E-state index contributed by atoms with van der Waals surface area (Å²) >= 11 is 5.04. The molecule has 0 aliphatic carbocycles. The molecule has 0 unspecified atom stereocenters. The van der Waals surface area contributed by atoms with E-state index in [0.717, 1.165) is 16.3 Å². The van der Waals surface area contributed by atoms with Crippen molar-refractivity contribution in [3.63, 3.8) is 0 Å². The Balaban J connectivity index is 2.35. The second-order valence-corrected chi connectivity index (χ2v) is 4.73. The molecule has 4 heteroatoms. The van der Waals surface area contributed by atoms with Gasteiger partial charge in [0.05, 0.1) is 0 Å². The SMILES string of the molecule is CCCCCN(C)c1nc(Br)cs1. The molecule has 0 spiro atoms. The second-order valence-electron chi connectivity index (χ2n) is 3.08. The lowest BCUT2D eigenvalue weighted by Gasteiger charge is -2.14. The topological polar surface area (TPSA) is 16.1 Å². The highest BCUT2D eigenvalue weighted by Crippen LogP contribution is 2.22. The number of nitrogens with zero attached hydrogens (tertiary/aromatic N) is 2. The van der Waals surface area contributed by atoms with Crippen LogP contribution < -0.4 is 4.90 Å². The lowest BCUT2D eigenvalue weighted by Crippen LogP contribution is -2.17. The van der Waals surface area contributed by atoms with E-state index in [0.29, 0.717) is 0 Å². The quantitative estimate of drug-likeness (QED) is 0.755. The minimum atomic E-state index is 0.940. The van der Waals surface area contributed by atoms with Crippen molar-refractivity contribution >= 4 is 32.4 Å². The maximum atomic E-state index is 4.35. The molecular formula is C9H15BrN2S. The normalized spacial score (nSPS) is 10.4. The summed E-state index contributed by atoms with van der Waals surface area (Å²) in [6, 6.07) is 0. The Bertz CT molecular complexity index is 250. The predicted molar refractivity (Wildman–Crippen MR) is 62.6 cm³/mol. The first-order chi connectivity index (χ1) is 6.24. The van der Waals surface area contributed by atoms with Crippen LogP contribution in [0.5, 0.6) is 0 Å². The number of aromatic nitrogens is 1. The van der Waals surface area contributed by atoms with Crippen molar-refractivity contribution in [2.45, 2.75) is 26.2 Å². The minimum absolute atomic E-state index is 0.940. The molecule has 1 aromatic heterocycles.